The summed E-state index contributed by atoms with van der Waals surface area (Å²) in [6.45, 7) is 12.9. The van der Waals surface area contributed by atoms with Crippen molar-refractivity contribution in [2.24, 2.45) is 0 Å². The van der Waals surface area contributed by atoms with Gasteiger partial charge in [-0.15, -0.1) is 0 Å². The Hall–Kier alpha value is -0.300. The molecule has 2 heterocycles. The molecule has 0 saturated carbocycles. The summed E-state index contributed by atoms with van der Waals surface area (Å²) in [7, 11) is 0. The van der Waals surface area contributed by atoms with E-state index >= 15 is 0 Å². The molecular weight excluding hydrogens is 158 g/mol. The van der Waals surface area contributed by atoms with Crippen molar-refractivity contribution in [2.75, 3.05) is 13.1 Å². The normalized spacial score (nSPS) is 32.7. The van der Waals surface area contributed by atoms with E-state index in [1.807, 2.05) is 13.8 Å². The van der Waals surface area contributed by atoms with Gasteiger partial charge in [-0.2, -0.15) is 0 Å². The van der Waals surface area contributed by atoms with Crippen LogP contribution in [0.2, 0.25) is 0 Å². The standard InChI is InChI=1S/C10H17N.C2H6/c1-3-10-5-4-6-11(10)8-9(2)7-10;1-2/h2-8H2,1H3;1-2H3. The largest absolute Gasteiger partial charge is 0.293 e. The van der Waals surface area contributed by atoms with Gasteiger partial charge in [-0.1, -0.05) is 32.9 Å². The quantitative estimate of drug-likeness (QED) is 0.561. The predicted molar refractivity (Wildman–Crippen MR) is 58.9 cm³/mol. The van der Waals surface area contributed by atoms with Crippen molar-refractivity contribution in [3.8, 4) is 0 Å². The van der Waals surface area contributed by atoms with Gasteiger partial charge in [0.1, 0.15) is 0 Å². The molecule has 1 nitrogen and oxygen atoms in total. The van der Waals surface area contributed by atoms with Crippen molar-refractivity contribution in [1.82, 2.24) is 4.90 Å². The second-order valence-corrected chi connectivity index (χ2v) is 4.03. The van der Waals surface area contributed by atoms with E-state index in [2.05, 4.69) is 18.4 Å². The molecule has 1 unspecified atom stereocenters. The van der Waals surface area contributed by atoms with E-state index in [1.165, 1.54) is 44.3 Å². The lowest BCUT2D eigenvalue weighted by Crippen LogP contribution is -2.37. The van der Waals surface area contributed by atoms with Gasteiger partial charge >= 0.3 is 0 Å². The van der Waals surface area contributed by atoms with Crippen LogP contribution in [0.4, 0.5) is 0 Å². The predicted octanol–water partition coefficient (Wildman–Crippen LogP) is 3.22. The summed E-state index contributed by atoms with van der Waals surface area (Å²) in [6, 6.07) is 0. The minimum Gasteiger partial charge on any atom is -0.293 e. The minimum atomic E-state index is 0.553. The maximum Gasteiger partial charge on any atom is 0.0248 e. The Morgan fingerprint density at radius 3 is 2.69 bits per heavy atom. The van der Waals surface area contributed by atoms with Crippen LogP contribution in [-0.4, -0.2) is 23.5 Å². The summed E-state index contributed by atoms with van der Waals surface area (Å²) in [5, 5.41) is 0. The molecule has 0 radical (unpaired) electrons. The molecular formula is C12H23N. The second kappa shape index (κ2) is 4.28. The van der Waals surface area contributed by atoms with Crippen LogP contribution in [0.1, 0.15) is 46.5 Å². The highest BCUT2D eigenvalue weighted by Crippen LogP contribution is 2.42. The fourth-order valence-corrected chi connectivity index (χ4v) is 2.76. The van der Waals surface area contributed by atoms with E-state index in [0.29, 0.717) is 5.54 Å². The molecule has 13 heavy (non-hydrogen) atoms. The van der Waals surface area contributed by atoms with Gasteiger partial charge in [0.25, 0.3) is 0 Å². The van der Waals surface area contributed by atoms with Crippen molar-refractivity contribution in [2.45, 2.75) is 52.0 Å². The lowest BCUT2D eigenvalue weighted by molar-refractivity contribution is 0.189. The highest BCUT2D eigenvalue weighted by atomic mass is 15.2. The Balaban J connectivity index is 0.000000396. The van der Waals surface area contributed by atoms with Gasteiger partial charge in [0.15, 0.2) is 0 Å². The van der Waals surface area contributed by atoms with E-state index in [0.717, 1.165) is 0 Å². The Kier molecular flexibility index (Phi) is 3.55. The molecule has 76 valence electrons. The molecule has 1 atom stereocenters. The number of rotatable bonds is 1. The van der Waals surface area contributed by atoms with E-state index in [-0.39, 0.29) is 0 Å². The maximum absolute atomic E-state index is 4.09. The molecule has 0 aliphatic carbocycles. The number of hydrogen-bond acceptors (Lipinski definition) is 1. The smallest absolute Gasteiger partial charge is 0.0248 e. The van der Waals surface area contributed by atoms with Crippen molar-refractivity contribution in [3.63, 3.8) is 0 Å². The van der Waals surface area contributed by atoms with Crippen LogP contribution in [0.15, 0.2) is 12.2 Å². The molecule has 0 amide bonds. The van der Waals surface area contributed by atoms with Gasteiger partial charge in [0.05, 0.1) is 0 Å². The van der Waals surface area contributed by atoms with Crippen molar-refractivity contribution in [1.29, 1.82) is 0 Å². The van der Waals surface area contributed by atoms with Crippen LogP contribution in [0.5, 0.6) is 0 Å². The number of hydrogen-bond donors (Lipinski definition) is 0. The van der Waals surface area contributed by atoms with Crippen LogP contribution in [0.3, 0.4) is 0 Å². The monoisotopic (exact) mass is 181 g/mol. The fourth-order valence-electron chi connectivity index (χ4n) is 2.76. The molecule has 1 heteroatoms. The minimum absolute atomic E-state index is 0.553. The molecule has 2 rings (SSSR count). The summed E-state index contributed by atoms with van der Waals surface area (Å²) >= 11 is 0. The Morgan fingerprint density at radius 2 is 2.15 bits per heavy atom. The first-order valence-corrected chi connectivity index (χ1v) is 5.68. The third kappa shape index (κ3) is 1.80. The van der Waals surface area contributed by atoms with Crippen LogP contribution >= 0.6 is 0 Å². The Labute approximate surface area is 82.8 Å². The Bertz CT molecular complexity index is 186. The van der Waals surface area contributed by atoms with Crippen molar-refractivity contribution < 1.29 is 0 Å². The fraction of sp³-hybridized carbons (Fsp3) is 0.833. The molecule has 2 aliphatic rings. The second-order valence-electron chi connectivity index (χ2n) is 4.03. The topological polar surface area (TPSA) is 3.24 Å². The van der Waals surface area contributed by atoms with Gasteiger partial charge in [0, 0.05) is 12.1 Å². The zero-order valence-electron chi connectivity index (χ0n) is 9.40. The first-order valence-electron chi connectivity index (χ1n) is 5.68. The molecule has 0 bridgehead atoms. The van der Waals surface area contributed by atoms with Gasteiger partial charge in [-0.25, -0.2) is 0 Å². The van der Waals surface area contributed by atoms with Crippen LogP contribution in [0.25, 0.3) is 0 Å². The van der Waals surface area contributed by atoms with Crippen LogP contribution in [0, 0.1) is 0 Å². The van der Waals surface area contributed by atoms with E-state index in [1.54, 1.807) is 0 Å². The molecule has 0 aromatic rings. The molecule has 0 aromatic heterocycles. The number of fused-ring (bicyclic) bond motifs is 1. The third-order valence-electron chi connectivity index (χ3n) is 3.39. The van der Waals surface area contributed by atoms with E-state index in [4.69, 9.17) is 0 Å². The molecule has 0 spiro atoms. The third-order valence-corrected chi connectivity index (χ3v) is 3.39. The first kappa shape index (κ1) is 10.8. The average Bonchev–Trinajstić information content (AvgIpc) is 2.64. The SMILES string of the molecule is C=C1CN2CCCC2(CC)C1.CC. The van der Waals surface area contributed by atoms with Crippen LogP contribution < -0.4 is 0 Å². The summed E-state index contributed by atoms with van der Waals surface area (Å²) in [6.07, 6.45) is 5.39. The molecule has 0 aromatic carbocycles. The van der Waals surface area contributed by atoms with E-state index in [9.17, 15) is 0 Å². The van der Waals surface area contributed by atoms with Gasteiger partial charge in [0.2, 0.25) is 0 Å². The number of nitrogens with zero attached hydrogens (tertiary/aromatic N) is 1. The van der Waals surface area contributed by atoms with Crippen LogP contribution in [-0.2, 0) is 0 Å². The lowest BCUT2D eigenvalue weighted by atomic mass is 9.90. The summed E-state index contributed by atoms with van der Waals surface area (Å²) in [5.74, 6) is 0. The summed E-state index contributed by atoms with van der Waals surface area (Å²) < 4.78 is 0. The molecule has 2 aliphatic heterocycles. The highest BCUT2D eigenvalue weighted by molar-refractivity contribution is 5.16. The maximum atomic E-state index is 4.09. The van der Waals surface area contributed by atoms with Crippen molar-refractivity contribution >= 4 is 0 Å². The Morgan fingerprint density at radius 1 is 1.46 bits per heavy atom. The molecule has 0 N–H and O–H groups in total. The van der Waals surface area contributed by atoms with Gasteiger partial charge in [-0.3, -0.25) is 4.90 Å². The van der Waals surface area contributed by atoms with Gasteiger partial charge in [-0.05, 0) is 32.2 Å². The molecule has 2 saturated heterocycles. The molecule has 2 fully saturated rings. The summed E-state index contributed by atoms with van der Waals surface area (Å²) in [5.41, 5.74) is 2.00. The highest BCUT2D eigenvalue weighted by Gasteiger charge is 2.43. The zero-order valence-corrected chi connectivity index (χ0v) is 9.40. The average molecular weight is 181 g/mol. The summed E-state index contributed by atoms with van der Waals surface area (Å²) in [4.78, 5) is 2.63. The van der Waals surface area contributed by atoms with Gasteiger partial charge < -0.3 is 0 Å². The zero-order chi connectivity index (χ0) is 9.90. The van der Waals surface area contributed by atoms with E-state index < -0.39 is 0 Å². The van der Waals surface area contributed by atoms with Crippen molar-refractivity contribution in [3.05, 3.63) is 12.2 Å². The lowest BCUT2D eigenvalue weighted by Gasteiger charge is -2.29. The first-order chi connectivity index (χ1) is 6.27.